The van der Waals surface area contributed by atoms with Crippen molar-refractivity contribution in [1.82, 2.24) is 10.5 Å². The van der Waals surface area contributed by atoms with Crippen LogP contribution in [0.15, 0.2) is 54.7 Å². The lowest BCUT2D eigenvalue weighted by molar-refractivity contribution is -0.146. The topological polar surface area (TPSA) is 86.8 Å². The summed E-state index contributed by atoms with van der Waals surface area (Å²) >= 11 is 0. The minimum Gasteiger partial charge on any atom is -0.457 e. The van der Waals surface area contributed by atoms with Gasteiger partial charge in [0.05, 0.1) is 6.61 Å². The second kappa shape index (κ2) is 8.96. The Morgan fingerprint density at radius 3 is 2.57 bits per heavy atom. The lowest BCUT2D eigenvalue weighted by Gasteiger charge is -2.13. The van der Waals surface area contributed by atoms with Crippen molar-refractivity contribution in [1.29, 1.82) is 0 Å². The molecule has 0 aliphatic heterocycles. The number of carbonyl (C=O) groups excluding carboxylic acids is 2. The third kappa shape index (κ3) is 4.63. The summed E-state index contributed by atoms with van der Waals surface area (Å²) in [5.41, 5.74) is 2.84. The van der Waals surface area contributed by atoms with Crippen molar-refractivity contribution in [2.45, 2.75) is 20.5 Å². The summed E-state index contributed by atoms with van der Waals surface area (Å²) in [6.45, 7) is 3.74. The summed E-state index contributed by atoms with van der Waals surface area (Å²) < 4.78 is 11.4. The number of para-hydroxylation sites is 1. The number of ether oxygens (including phenoxy) is 2. The molecule has 28 heavy (non-hydrogen) atoms. The van der Waals surface area contributed by atoms with Crippen LogP contribution < -0.4 is 10.2 Å². The largest absolute Gasteiger partial charge is 0.457 e. The molecule has 0 spiro atoms. The fraction of sp³-hybridized carbons (Fsp3) is 0.190. The Morgan fingerprint density at radius 1 is 1.07 bits per heavy atom. The maximum absolute atomic E-state index is 12.4. The zero-order valence-corrected chi connectivity index (χ0v) is 15.6. The molecule has 0 fully saturated rings. The zero-order chi connectivity index (χ0) is 19.9. The molecule has 3 rings (SSSR count). The summed E-state index contributed by atoms with van der Waals surface area (Å²) in [4.78, 5) is 32.1. The van der Waals surface area contributed by atoms with E-state index in [1.54, 1.807) is 6.20 Å². The Labute approximate surface area is 162 Å². The number of carbonyl (C=O) groups is 2. The van der Waals surface area contributed by atoms with Crippen LogP contribution in [0.5, 0.6) is 11.5 Å². The monoisotopic (exact) mass is 380 g/mol. The molecule has 0 atom stereocenters. The van der Waals surface area contributed by atoms with E-state index < -0.39 is 11.9 Å². The second-order valence-electron chi connectivity index (χ2n) is 5.91. The van der Waals surface area contributed by atoms with Crippen LogP contribution in [0.25, 0.3) is 10.8 Å². The first-order valence-corrected chi connectivity index (χ1v) is 8.78. The van der Waals surface area contributed by atoms with Gasteiger partial charge in [-0.2, -0.15) is 5.48 Å². The van der Waals surface area contributed by atoms with E-state index in [1.807, 2.05) is 55.5 Å². The third-order valence-electron chi connectivity index (χ3n) is 3.90. The fourth-order valence-electron chi connectivity index (χ4n) is 2.66. The first-order valence-electron chi connectivity index (χ1n) is 8.78. The first kappa shape index (κ1) is 19.3. The molecule has 144 valence electrons. The second-order valence-corrected chi connectivity index (χ2v) is 5.91. The highest BCUT2D eigenvalue weighted by atomic mass is 16.7. The Kier molecular flexibility index (Phi) is 6.18. The molecular weight excluding hydrogens is 360 g/mol. The number of amides is 1. The van der Waals surface area contributed by atoms with Gasteiger partial charge in [0.1, 0.15) is 17.2 Å². The van der Waals surface area contributed by atoms with Crippen LogP contribution in [0.4, 0.5) is 0 Å². The number of hydroxylamine groups is 1. The summed E-state index contributed by atoms with van der Waals surface area (Å²) in [5, 5.41) is 1.60. The van der Waals surface area contributed by atoms with Crippen LogP contribution in [0.1, 0.15) is 29.9 Å². The van der Waals surface area contributed by atoms with Crippen molar-refractivity contribution in [2.75, 3.05) is 6.61 Å². The Bertz CT molecular complexity index is 989. The quantitative estimate of drug-likeness (QED) is 0.655. The van der Waals surface area contributed by atoms with Gasteiger partial charge in [-0.1, -0.05) is 24.3 Å². The molecule has 7 heteroatoms. The van der Waals surface area contributed by atoms with Gasteiger partial charge in [-0.3, -0.25) is 9.59 Å². The molecule has 3 aromatic rings. The van der Waals surface area contributed by atoms with Gasteiger partial charge >= 0.3 is 11.9 Å². The van der Waals surface area contributed by atoms with Gasteiger partial charge in [0, 0.05) is 30.7 Å². The maximum atomic E-state index is 12.4. The predicted molar refractivity (Wildman–Crippen MR) is 103 cm³/mol. The molecule has 7 nitrogen and oxygen atoms in total. The van der Waals surface area contributed by atoms with Crippen LogP contribution >= 0.6 is 0 Å². The number of benzene rings is 2. The highest BCUT2D eigenvalue weighted by Crippen LogP contribution is 2.28. The van der Waals surface area contributed by atoms with Gasteiger partial charge in [-0.15, -0.1) is 0 Å². The van der Waals surface area contributed by atoms with Gasteiger partial charge in [0.25, 0.3) is 0 Å². The Morgan fingerprint density at radius 2 is 1.86 bits per heavy atom. The van der Waals surface area contributed by atoms with E-state index in [2.05, 4.69) is 15.3 Å². The SMILES string of the molecule is CCOCc1c(C(=O)NOC(C)=O)ncc2cc(Oc3ccccc3)ccc12. The predicted octanol–water partition coefficient (Wildman–Crippen LogP) is 3.77. The van der Waals surface area contributed by atoms with Gasteiger partial charge in [0.2, 0.25) is 0 Å². The average molecular weight is 380 g/mol. The van der Waals surface area contributed by atoms with E-state index in [1.165, 1.54) is 6.92 Å². The molecule has 1 N–H and O–H groups in total. The van der Waals surface area contributed by atoms with Crippen molar-refractivity contribution < 1.29 is 23.9 Å². The van der Waals surface area contributed by atoms with E-state index in [0.29, 0.717) is 17.9 Å². The highest BCUT2D eigenvalue weighted by Gasteiger charge is 2.18. The van der Waals surface area contributed by atoms with Crippen molar-refractivity contribution >= 4 is 22.6 Å². The Hall–Kier alpha value is -3.45. The van der Waals surface area contributed by atoms with E-state index in [4.69, 9.17) is 9.47 Å². The normalized spacial score (nSPS) is 10.5. The lowest BCUT2D eigenvalue weighted by Crippen LogP contribution is -2.28. The van der Waals surface area contributed by atoms with Gasteiger partial charge in [-0.05, 0) is 36.6 Å². The van der Waals surface area contributed by atoms with Crippen molar-refractivity contribution in [3.05, 3.63) is 66.0 Å². The van der Waals surface area contributed by atoms with Crippen LogP contribution in [-0.2, 0) is 21.0 Å². The molecule has 0 saturated heterocycles. The molecule has 0 aliphatic carbocycles. The number of nitrogens with zero attached hydrogens (tertiary/aromatic N) is 1. The molecule has 0 saturated carbocycles. The summed E-state index contributed by atoms with van der Waals surface area (Å²) in [7, 11) is 0. The number of nitrogens with one attached hydrogen (secondary N) is 1. The van der Waals surface area contributed by atoms with Crippen molar-refractivity contribution in [3.8, 4) is 11.5 Å². The average Bonchev–Trinajstić information content (AvgIpc) is 2.70. The summed E-state index contributed by atoms with van der Waals surface area (Å²) in [6, 6.07) is 15.0. The molecule has 0 bridgehead atoms. The molecule has 1 aromatic heterocycles. The number of aromatic nitrogens is 1. The van der Waals surface area contributed by atoms with Crippen molar-refractivity contribution in [2.24, 2.45) is 0 Å². The van der Waals surface area contributed by atoms with Crippen LogP contribution in [0.2, 0.25) is 0 Å². The number of hydrogen-bond acceptors (Lipinski definition) is 6. The molecule has 0 radical (unpaired) electrons. The standard InChI is InChI=1S/C21H20N2O5/c1-3-26-13-19-18-10-9-17(27-16-7-5-4-6-8-16)11-15(18)12-22-20(19)21(25)23-28-14(2)24/h4-12H,3,13H2,1-2H3,(H,23,25). The molecule has 2 aromatic carbocycles. The number of pyridine rings is 1. The molecule has 0 unspecified atom stereocenters. The first-order chi connectivity index (χ1) is 13.6. The van der Waals surface area contributed by atoms with Crippen LogP contribution in [-0.4, -0.2) is 23.5 Å². The zero-order valence-electron chi connectivity index (χ0n) is 15.6. The van der Waals surface area contributed by atoms with E-state index in [-0.39, 0.29) is 12.3 Å². The van der Waals surface area contributed by atoms with Crippen LogP contribution in [0, 0.1) is 0 Å². The summed E-state index contributed by atoms with van der Waals surface area (Å²) in [5.74, 6) is 0.140. The molecular formula is C21H20N2O5. The van der Waals surface area contributed by atoms with E-state index in [0.717, 1.165) is 16.5 Å². The minimum absolute atomic E-state index is 0.138. The van der Waals surface area contributed by atoms with Crippen molar-refractivity contribution in [3.63, 3.8) is 0 Å². The minimum atomic E-state index is -0.622. The number of hydrogen-bond donors (Lipinski definition) is 1. The third-order valence-corrected chi connectivity index (χ3v) is 3.90. The van der Waals surface area contributed by atoms with E-state index >= 15 is 0 Å². The molecule has 1 amide bonds. The maximum Gasteiger partial charge on any atom is 0.329 e. The Balaban J connectivity index is 1.95. The number of fused-ring (bicyclic) bond motifs is 1. The van der Waals surface area contributed by atoms with Crippen LogP contribution in [0.3, 0.4) is 0 Å². The van der Waals surface area contributed by atoms with Gasteiger partial charge in [0.15, 0.2) is 0 Å². The highest BCUT2D eigenvalue weighted by molar-refractivity contribution is 5.99. The fourth-order valence-corrected chi connectivity index (χ4v) is 2.66. The molecule has 0 aliphatic rings. The van der Waals surface area contributed by atoms with E-state index in [9.17, 15) is 9.59 Å². The van der Waals surface area contributed by atoms with Gasteiger partial charge in [-0.25, -0.2) is 4.98 Å². The summed E-state index contributed by atoms with van der Waals surface area (Å²) in [6.07, 6.45) is 1.57. The molecule has 1 heterocycles. The lowest BCUT2D eigenvalue weighted by atomic mass is 10.0. The van der Waals surface area contributed by atoms with Gasteiger partial charge < -0.3 is 14.3 Å². The number of rotatable bonds is 6. The smallest absolute Gasteiger partial charge is 0.329 e.